The summed E-state index contributed by atoms with van der Waals surface area (Å²) in [6.07, 6.45) is 0. The van der Waals surface area contributed by atoms with Gasteiger partial charge in [0, 0.05) is 21.2 Å². The topological polar surface area (TPSA) is 80.2 Å². The van der Waals surface area contributed by atoms with Crippen LogP contribution in [0, 0.1) is 0 Å². The minimum atomic E-state index is -1.16. The van der Waals surface area contributed by atoms with Gasteiger partial charge in [0.05, 0.1) is 31.5 Å². The Bertz CT molecular complexity index is 1330. The summed E-state index contributed by atoms with van der Waals surface area (Å²) in [5.41, 5.74) is 1.95. The number of benzene rings is 2. The van der Waals surface area contributed by atoms with Gasteiger partial charge < -0.3 is 5.11 Å². The summed E-state index contributed by atoms with van der Waals surface area (Å²) >= 11 is 40.9. The Hall–Kier alpha value is -2.09. The van der Waals surface area contributed by atoms with E-state index in [1.807, 2.05) is 0 Å². The Kier molecular flexibility index (Phi) is 9.84. The summed E-state index contributed by atoms with van der Waals surface area (Å²) in [7, 11) is 0. The van der Waals surface area contributed by atoms with E-state index >= 15 is 0 Å². The predicted octanol–water partition coefficient (Wildman–Crippen LogP) is 9.49. The maximum Gasteiger partial charge on any atom is 0.354 e. The van der Waals surface area contributed by atoms with Gasteiger partial charge in [-0.05, 0) is 48.0 Å². The van der Waals surface area contributed by atoms with Crippen LogP contribution in [0.2, 0.25) is 30.1 Å². The number of carbonyl (C=O) groups excluding carboxylic acids is 1. The number of aromatic nitrogens is 2. The molecule has 5 nitrogen and oxygen atoms in total. The van der Waals surface area contributed by atoms with E-state index in [1.165, 1.54) is 12.1 Å². The maximum atomic E-state index is 11.1. The summed E-state index contributed by atoms with van der Waals surface area (Å²) in [6.45, 7) is 0. The molecule has 12 heteroatoms. The van der Waals surface area contributed by atoms with Crippen LogP contribution in [0.3, 0.4) is 0 Å². The standard InChI is InChI=1S/C12H5Cl4NO.C12H6Cl3NO2/c13-7-3-1-6(2-4-7)11-10(15)8(14)5-9(17-11)12(16)18;13-7-3-1-6(2-4-7)11-10(15)8(14)5-9(16-11)12(17)18/h1-5H;1-5H,(H,17,18). The molecule has 0 saturated heterocycles. The van der Waals surface area contributed by atoms with Crippen LogP contribution in [-0.2, 0) is 0 Å². The number of pyridine rings is 2. The number of hydrogen-bond acceptors (Lipinski definition) is 4. The third-order valence-electron chi connectivity index (χ3n) is 4.48. The van der Waals surface area contributed by atoms with Gasteiger partial charge in [0.15, 0.2) is 0 Å². The summed E-state index contributed by atoms with van der Waals surface area (Å²) in [5, 5.41) is 10.2. The van der Waals surface area contributed by atoms with Crippen LogP contribution < -0.4 is 0 Å². The third kappa shape index (κ3) is 7.02. The summed E-state index contributed by atoms with van der Waals surface area (Å²) in [5.74, 6) is -1.16. The highest BCUT2D eigenvalue weighted by molar-refractivity contribution is 6.67. The van der Waals surface area contributed by atoms with Gasteiger partial charge in [-0.3, -0.25) is 4.79 Å². The lowest BCUT2D eigenvalue weighted by Crippen LogP contribution is -2.02. The molecule has 1 N–H and O–H groups in total. The van der Waals surface area contributed by atoms with Crippen LogP contribution in [0.25, 0.3) is 22.5 Å². The van der Waals surface area contributed by atoms with Gasteiger partial charge in [0.1, 0.15) is 11.4 Å². The van der Waals surface area contributed by atoms with Crippen molar-refractivity contribution in [1.29, 1.82) is 0 Å². The van der Waals surface area contributed by atoms with E-state index in [-0.39, 0.29) is 31.5 Å². The lowest BCUT2D eigenvalue weighted by molar-refractivity contribution is 0.0690. The molecule has 0 bridgehead atoms. The van der Waals surface area contributed by atoms with E-state index in [2.05, 4.69) is 9.97 Å². The molecule has 2 aromatic heterocycles. The van der Waals surface area contributed by atoms with Crippen molar-refractivity contribution in [1.82, 2.24) is 9.97 Å². The molecule has 0 atom stereocenters. The van der Waals surface area contributed by atoms with Gasteiger partial charge in [-0.25, -0.2) is 14.8 Å². The second-order valence-electron chi connectivity index (χ2n) is 6.90. The molecule has 2 heterocycles. The average molecular weight is 624 g/mol. The Morgan fingerprint density at radius 3 is 1.33 bits per heavy atom. The van der Waals surface area contributed by atoms with Gasteiger partial charge in [-0.2, -0.15) is 0 Å². The SMILES string of the molecule is O=C(Cl)c1cc(Cl)c(Cl)c(-c2ccc(Cl)cc2)n1.O=C(O)c1cc(Cl)c(Cl)c(-c2ccc(Cl)cc2)n1. The fourth-order valence-corrected chi connectivity index (χ4v) is 3.95. The van der Waals surface area contributed by atoms with Crippen LogP contribution in [0.15, 0.2) is 60.7 Å². The first kappa shape index (κ1) is 28.5. The molecule has 0 radical (unpaired) electrons. The van der Waals surface area contributed by atoms with Gasteiger partial charge >= 0.3 is 5.97 Å². The Labute approximate surface area is 240 Å². The van der Waals surface area contributed by atoms with Gasteiger partial charge in [-0.15, -0.1) is 0 Å². The molecule has 0 fully saturated rings. The van der Waals surface area contributed by atoms with E-state index in [0.717, 1.165) is 0 Å². The highest BCUT2D eigenvalue weighted by atomic mass is 35.5. The van der Waals surface area contributed by atoms with Gasteiger partial charge in [0.2, 0.25) is 0 Å². The van der Waals surface area contributed by atoms with E-state index in [0.29, 0.717) is 32.6 Å². The van der Waals surface area contributed by atoms with Crippen LogP contribution in [0.5, 0.6) is 0 Å². The molecule has 4 rings (SSSR count). The molecule has 0 aliphatic heterocycles. The fourth-order valence-electron chi connectivity index (χ4n) is 2.80. The number of hydrogen-bond donors (Lipinski definition) is 1. The Balaban J connectivity index is 0.000000201. The Morgan fingerprint density at radius 1 is 0.611 bits per heavy atom. The molecular formula is C24H11Cl7N2O3. The zero-order valence-corrected chi connectivity index (χ0v) is 22.9. The van der Waals surface area contributed by atoms with E-state index in [4.69, 9.17) is 86.3 Å². The second-order valence-corrected chi connectivity index (χ2v) is 9.68. The summed E-state index contributed by atoms with van der Waals surface area (Å²) in [4.78, 5) is 30.1. The molecule has 0 spiro atoms. The van der Waals surface area contributed by atoms with Crippen molar-refractivity contribution in [2.45, 2.75) is 0 Å². The van der Waals surface area contributed by atoms with Crippen molar-refractivity contribution in [3.8, 4) is 22.5 Å². The number of halogens is 7. The normalized spacial score (nSPS) is 10.4. The first-order chi connectivity index (χ1) is 17.0. The first-order valence-corrected chi connectivity index (χ1v) is 12.3. The monoisotopic (exact) mass is 620 g/mol. The Morgan fingerprint density at radius 2 is 0.972 bits per heavy atom. The van der Waals surface area contributed by atoms with Crippen molar-refractivity contribution in [3.63, 3.8) is 0 Å². The molecule has 4 aromatic rings. The number of rotatable bonds is 4. The van der Waals surface area contributed by atoms with Crippen LogP contribution in [0.1, 0.15) is 21.0 Å². The molecule has 0 saturated carbocycles. The first-order valence-electron chi connectivity index (χ1n) is 9.65. The molecule has 36 heavy (non-hydrogen) atoms. The number of aromatic carboxylic acids is 1. The lowest BCUT2D eigenvalue weighted by Gasteiger charge is -2.07. The zero-order valence-electron chi connectivity index (χ0n) is 17.6. The maximum absolute atomic E-state index is 11.1. The number of nitrogens with zero attached hydrogens (tertiary/aromatic N) is 2. The minimum absolute atomic E-state index is 0.0519. The average Bonchev–Trinajstić information content (AvgIpc) is 2.84. The van der Waals surface area contributed by atoms with Crippen LogP contribution >= 0.6 is 81.2 Å². The number of carboxylic acid groups (broad SMARTS) is 1. The van der Waals surface area contributed by atoms with Crippen LogP contribution in [-0.4, -0.2) is 26.3 Å². The second kappa shape index (κ2) is 12.4. The van der Waals surface area contributed by atoms with Gasteiger partial charge in [-0.1, -0.05) is 93.9 Å². The van der Waals surface area contributed by atoms with E-state index < -0.39 is 11.2 Å². The molecule has 0 amide bonds. The van der Waals surface area contributed by atoms with Crippen molar-refractivity contribution in [3.05, 3.63) is 102 Å². The van der Waals surface area contributed by atoms with Crippen molar-refractivity contribution in [2.24, 2.45) is 0 Å². The van der Waals surface area contributed by atoms with E-state index in [9.17, 15) is 9.59 Å². The predicted molar refractivity (Wildman–Crippen MR) is 147 cm³/mol. The molecule has 184 valence electrons. The fraction of sp³-hybridized carbons (Fsp3) is 0. The minimum Gasteiger partial charge on any atom is -0.477 e. The quantitative estimate of drug-likeness (QED) is 0.229. The van der Waals surface area contributed by atoms with Crippen LogP contribution in [0.4, 0.5) is 0 Å². The van der Waals surface area contributed by atoms with E-state index in [1.54, 1.807) is 48.5 Å². The highest BCUT2D eigenvalue weighted by Crippen LogP contribution is 2.34. The van der Waals surface area contributed by atoms with Gasteiger partial charge in [0.25, 0.3) is 5.24 Å². The molecule has 0 aliphatic carbocycles. The smallest absolute Gasteiger partial charge is 0.354 e. The third-order valence-corrected chi connectivity index (χ3v) is 6.73. The molecule has 0 unspecified atom stereocenters. The number of carbonyl (C=O) groups is 2. The molecule has 2 aromatic carbocycles. The lowest BCUT2D eigenvalue weighted by atomic mass is 10.1. The number of carboxylic acids is 1. The summed E-state index contributed by atoms with van der Waals surface area (Å²) < 4.78 is 0. The summed E-state index contributed by atoms with van der Waals surface area (Å²) in [6, 6.07) is 16.1. The molecule has 0 aliphatic rings. The van der Waals surface area contributed by atoms with Crippen molar-refractivity contribution >= 4 is 92.4 Å². The highest BCUT2D eigenvalue weighted by Gasteiger charge is 2.16. The zero-order chi connectivity index (χ0) is 26.6. The molecular weight excluding hydrogens is 612 g/mol. The largest absolute Gasteiger partial charge is 0.477 e. The van der Waals surface area contributed by atoms with Crippen molar-refractivity contribution < 1.29 is 14.7 Å². The van der Waals surface area contributed by atoms with Crippen molar-refractivity contribution in [2.75, 3.05) is 0 Å².